The van der Waals surface area contributed by atoms with Gasteiger partial charge in [0.05, 0.1) is 43.0 Å². The van der Waals surface area contributed by atoms with Crippen LogP contribution in [0.1, 0.15) is 5.56 Å². The quantitative estimate of drug-likeness (QED) is 0.541. The van der Waals surface area contributed by atoms with Gasteiger partial charge in [-0.15, -0.1) is 11.3 Å². The average molecular weight is 380 g/mol. The van der Waals surface area contributed by atoms with Crippen molar-refractivity contribution in [2.24, 2.45) is 0 Å². The molecule has 4 rings (SSSR count). The van der Waals surface area contributed by atoms with E-state index in [-0.39, 0.29) is 0 Å². The first-order valence-electron chi connectivity index (χ1n) is 8.52. The lowest BCUT2D eigenvalue weighted by Crippen LogP contribution is -2.05. The van der Waals surface area contributed by atoms with Crippen molar-refractivity contribution in [3.63, 3.8) is 0 Å². The van der Waals surface area contributed by atoms with E-state index in [1.165, 1.54) is 0 Å². The van der Waals surface area contributed by atoms with Gasteiger partial charge in [0.15, 0.2) is 11.5 Å². The van der Waals surface area contributed by atoms with Crippen LogP contribution in [0.25, 0.3) is 21.6 Å². The third-order valence-corrected chi connectivity index (χ3v) is 5.31. The number of aromatic nitrogens is 3. The zero-order chi connectivity index (χ0) is 18.8. The summed E-state index contributed by atoms with van der Waals surface area (Å²) in [6.07, 6.45) is 1.83. The second-order valence-corrected chi connectivity index (χ2v) is 6.94. The number of imidazole rings is 1. The van der Waals surface area contributed by atoms with E-state index in [1.54, 1.807) is 25.6 Å². The van der Waals surface area contributed by atoms with E-state index in [0.29, 0.717) is 12.3 Å². The van der Waals surface area contributed by atoms with E-state index >= 15 is 0 Å². The molecule has 0 saturated carbocycles. The van der Waals surface area contributed by atoms with Crippen LogP contribution in [0.5, 0.6) is 11.5 Å². The van der Waals surface area contributed by atoms with Crippen LogP contribution < -0.4 is 14.8 Å². The molecule has 0 atom stereocenters. The summed E-state index contributed by atoms with van der Waals surface area (Å²) in [5.41, 5.74) is 3.94. The molecule has 3 aromatic heterocycles. The third kappa shape index (κ3) is 3.21. The van der Waals surface area contributed by atoms with Gasteiger partial charge in [-0.3, -0.25) is 4.98 Å². The summed E-state index contributed by atoms with van der Waals surface area (Å²) in [5.74, 6) is 2.23. The predicted molar refractivity (Wildman–Crippen MR) is 109 cm³/mol. The summed E-state index contributed by atoms with van der Waals surface area (Å²) in [5, 5.41) is 5.24. The fourth-order valence-corrected chi connectivity index (χ4v) is 3.79. The molecule has 0 amide bonds. The minimum absolute atomic E-state index is 0.654. The fraction of sp³-hybridized carbons (Fsp3) is 0.200. The maximum atomic E-state index is 5.43. The number of pyridine rings is 1. The van der Waals surface area contributed by atoms with Crippen molar-refractivity contribution in [2.45, 2.75) is 6.54 Å². The predicted octanol–water partition coefficient (Wildman–Crippen LogP) is 4.27. The number of benzene rings is 1. The van der Waals surface area contributed by atoms with Crippen molar-refractivity contribution in [1.82, 2.24) is 14.5 Å². The Balaban J connectivity index is 1.79. The standard InChI is InChI=1S/C20H20N4O2S/c1-21-20-23-15-11-22-14(19-5-4-8-27-19)10-16(15)24(20)12-13-6-7-17(25-2)18(9-13)26-3/h4-11H,12H2,1-3H3,(H,21,23). The largest absolute Gasteiger partial charge is 0.493 e. The monoisotopic (exact) mass is 380 g/mol. The van der Waals surface area contributed by atoms with Crippen LogP contribution in [-0.2, 0) is 6.54 Å². The van der Waals surface area contributed by atoms with E-state index in [2.05, 4.69) is 37.4 Å². The van der Waals surface area contributed by atoms with Crippen LogP contribution in [0.15, 0.2) is 48.0 Å². The Bertz CT molecular complexity index is 1070. The number of nitrogens with zero attached hydrogens (tertiary/aromatic N) is 3. The summed E-state index contributed by atoms with van der Waals surface area (Å²) in [7, 11) is 5.16. The first-order valence-corrected chi connectivity index (χ1v) is 9.40. The topological polar surface area (TPSA) is 61.2 Å². The Kier molecular flexibility index (Phi) is 4.68. The van der Waals surface area contributed by atoms with Gasteiger partial charge in [-0.2, -0.15) is 0 Å². The molecule has 0 bridgehead atoms. The van der Waals surface area contributed by atoms with Crippen molar-refractivity contribution in [3.05, 3.63) is 53.5 Å². The number of thiophene rings is 1. The van der Waals surface area contributed by atoms with Crippen LogP contribution >= 0.6 is 11.3 Å². The maximum absolute atomic E-state index is 5.43. The summed E-state index contributed by atoms with van der Waals surface area (Å²) in [6.45, 7) is 0.654. The second kappa shape index (κ2) is 7.28. The van der Waals surface area contributed by atoms with Crippen LogP contribution in [0.2, 0.25) is 0 Å². The lowest BCUT2D eigenvalue weighted by atomic mass is 10.2. The molecule has 4 aromatic rings. The number of methoxy groups -OCH3 is 2. The normalized spacial score (nSPS) is 10.9. The molecule has 27 heavy (non-hydrogen) atoms. The Labute approximate surface area is 161 Å². The van der Waals surface area contributed by atoms with E-state index < -0.39 is 0 Å². The van der Waals surface area contributed by atoms with E-state index in [0.717, 1.165) is 38.9 Å². The highest BCUT2D eigenvalue weighted by molar-refractivity contribution is 7.13. The number of rotatable bonds is 6. The number of fused-ring (bicyclic) bond motifs is 1. The van der Waals surface area contributed by atoms with E-state index in [9.17, 15) is 0 Å². The summed E-state index contributed by atoms with van der Waals surface area (Å²) in [6, 6.07) is 12.2. The van der Waals surface area contributed by atoms with E-state index in [4.69, 9.17) is 9.47 Å². The highest BCUT2D eigenvalue weighted by Crippen LogP contribution is 2.30. The summed E-state index contributed by atoms with van der Waals surface area (Å²) >= 11 is 1.68. The molecule has 0 saturated heterocycles. The molecule has 0 aliphatic heterocycles. The smallest absolute Gasteiger partial charge is 0.203 e. The molecule has 3 heterocycles. The molecular formula is C20H20N4O2S. The number of ether oxygens (including phenoxy) is 2. The molecule has 1 aromatic carbocycles. The molecule has 0 radical (unpaired) electrons. The summed E-state index contributed by atoms with van der Waals surface area (Å²) < 4.78 is 12.9. The Hall–Kier alpha value is -3.06. The van der Waals surface area contributed by atoms with Crippen LogP contribution in [-0.4, -0.2) is 35.8 Å². The highest BCUT2D eigenvalue weighted by atomic mass is 32.1. The average Bonchev–Trinajstić information content (AvgIpc) is 3.36. The Morgan fingerprint density at radius 2 is 1.96 bits per heavy atom. The Morgan fingerprint density at radius 3 is 2.67 bits per heavy atom. The van der Waals surface area contributed by atoms with Crippen LogP contribution in [0, 0.1) is 0 Å². The van der Waals surface area contributed by atoms with Crippen molar-refractivity contribution < 1.29 is 9.47 Å². The van der Waals surface area contributed by atoms with Crippen molar-refractivity contribution in [3.8, 4) is 22.1 Å². The lowest BCUT2D eigenvalue weighted by molar-refractivity contribution is 0.354. The summed E-state index contributed by atoms with van der Waals surface area (Å²) in [4.78, 5) is 10.4. The van der Waals surface area contributed by atoms with Crippen molar-refractivity contribution >= 4 is 28.3 Å². The molecule has 7 heteroatoms. The molecule has 0 aliphatic rings. The molecule has 1 N–H and O–H groups in total. The number of hydrogen-bond donors (Lipinski definition) is 1. The first kappa shape index (κ1) is 17.4. The molecule has 0 aliphatic carbocycles. The second-order valence-electron chi connectivity index (χ2n) is 6.00. The van der Waals surface area contributed by atoms with Crippen molar-refractivity contribution in [1.29, 1.82) is 0 Å². The van der Waals surface area contributed by atoms with Crippen LogP contribution in [0.3, 0.4) is 0 Å². The molecule has 0 spiro atoms. The zero-order valence-electron chi connectivity index (χ0n) is 15.4. The van der Waals surface area contributed by atoms with Gasteiger partial charge in [-0.25, -0.2) is 4.98 Å². The lowest BCUT2D eigenvalue weighted by Gasteiger charge is -2.12. The third-order valence-electron chi connectivity index (χ3n) is 4.42. The SMILES string of the molecule is CNc1nc2cnc(-c3cccs3)cc2n1Cc1ccc(OC)c(OC)c1. The van der Waals surface area contributed by atoms with Gasteiger partial charge < -0.3 is 19.4 Å². The first-order chi connectivity index (χ1) is 13.2. The minimum atomic E-state index is 0.654. The van der Waals surface area contributed by atoms with Gasteiger partial charge >= 0.3 is 0 Å². The molecule has 0 fully saturated rings. The number of nitrogens with one attached hydrogen (secondary N) is 1. The maximum Gasteiger partial charge on any atom is 0.203 e. The highest BCUT2D eigenvalue weighted by Gasteiger charge is 2.14. The van der Waals surface area contributed by atoms with E-state index in [1.807, 2.05) is 37.5 Å². The molecule has 0 unspecified atom stereocenters. The Morgan fingerprint density at radius 1 is 1.11 bits per heavy atom. The molecular weight excluding hydrogens is 360 g/mol. The number of hydrogen-bond acceptors (Lipinski definition) is 6. The van der Waals surface area contributed by atoms with Crippen LogP contribution in [0.4, 0.5) is 5.95 Å². The van der Waals surface area contributed by atoms with Crippen molar-refractivity contribution in [2.75, 3.05) is 26.6 Å². The van der Waals surface area contributed by atoms with Gasteiger partial charge in [0, 0.05) is 7.05 Å². The number of anilines is 1. The van der Waals surface area contributed by atoms with Gasteiger partial charge in [-0.05, 0) is 35.2 Å². The van der Waals surface area contributed by atoms with Gasteiger partial charge in [0.2, 0.25) is 5.95 Å². The van der Waals surface area contributed by atoms with Gasteiger partial charge in [0.25, 0.3) is 0 Å². The molecule has 138 valence electrons. The van der Waals surface area contributed by atoms with Gasteiger partial charge in [0.1, 0.15) is 5.52 Å². The zero-order valence-corrected chi connectivity index (χ0v) is 16.2. The fourth-order valence-electron chi connectivity index (χ4n) is 3.10. The molecule has 6 nitrogen and oxygen atoms in total. The van der Waals surface area contributed by atoms with Gasteiger partial charge in [-0.1, -0.05) is 12.1 Å². The minimum Gasteiger partial charge on any atom is -0.493 e.